The van der Waals surface area contributed by atoms with Crippen LogP contribution in [0.3, 0.4) is 0 Å². The minimum atomic E-state index is 0.722. The van der Waals surface area contributed by atoms with Crippen LogP contribution in [-0.4, -0.2) is 18.1 Å². The zero-order chi connectivity index (χ0) is 17.1. The summed E-state index contributed by atoms with van der Waals surface area (Å²) in [5.41, 5.74) is 5.79. The van der Waals surface area contributed by atoms with Gasteiger partial charge in [0.25, 0.3) is 0 Å². The average molecular weight is 325 g/mol. The van der Waals surface area contributed by atoms with E-state index in [0.717, 1.165) is 46.7 Å². The van der Waals surface area contributed by atoms with E-state index >= 15 is 0 Å². The fourth-order valence-corrected chi connectivity index (χ4v) is 3.47. The third kappa shape index (κ3) is 2.99. The molecule has 0 N–H and O–H groups in total. The fraction of sp³-hybridized carbons (Fsp3) is 0.182. The summed E-state index contributed by atoms with van der Waals surface area (Å²) in [6.45, 7) is 2.02. The maximum absolute atomic E-state index is 9.88. The highest BCUT2D eigenvalue weighted by molar-refractivity contribution is 5.84. The quantitative estimate of drug-likeness (QED) is 0.688. The van der Waals surface area contributed by atoms with E-state index in [4.69, 9.17) is 0 Å². The summed E-state index contributed by atoms with van der Waals surface area (Å²) in [7, 11) is 0. The maximum atomic E-state index is 9.88. The highest BCUT2D eigenvalue weighted by Gasteiger charge is 2.21. The molecular weight excluding hydrogens is 306 g/mol. The Bertz CT molecular complexity index is 905. The van der Waals surface area contributed by atoms with E-state index in [1.54, 1.807) is 6.20 Å². The van der Waals surface area contributed by atoms with Crippen molar-refractivity contribution >= 4 is 5.69 Å². The van der Waals surface area contributed by atoms with Gasteiger partial charge in [-0.25, -0.2) is 0 Å². The molecule has 0 atom stereocenters. The van der Waals surface area contributed by atoms with Gasteiger partial charge in [-0.1, -0.05) is 36.4 Å². The van der Waals surface area contributed by atoms with Gasteiger partial charge in [-0.15, -0.1) is 0 Å². The molecule has 0 saturated carbocycles. The van der Waals surface area contributed by atoms with Crippen LogP contribution in [0.2, 0.25) is 0 Å². The van der Waals surface area contributed by atoms with Crippen molar-refractivity contribution in [3.05, 3.63) is 72.4 Å². The topological polar surface area (TPSA) is 39.9 Å². The molecule has 1 aliphatic heterocycles. The second-order valence-corrected chi connectivity index (χ2v) is 6.30. The number of nitrogens with zero attached hydrogens (tertiary/aromatic N) is 3. The molecule has 122 valence electrons. The molecule has 1 fully saturated rings. The van der Waals surface area contributed by atoms with Crippen molar-refractivity contribution in [2.75, 3.05) is 18.0 Å². The lowest BCUT2D eigenvalue weighted by atomic mass is 9.95. The van der Waals surface area contributed by atoms with E-state index in [1.165, 1.54) is 12.8 Å². The first-order chi connectivity index (χ1) is 12.4. The van der Waals surface area contributed by atoms with Crippen molar-refractivity contribution in [1.82, 2.24) is 4.98 Å². The predicted octanol–water partition coefficient (Wildman–Crippen LogP) is 4.89. The number of nitriles is 1. The van der Waals surface area contributed by atoms with Gasteiger partial charge in [-0.2, -0.15) is 5.26 Å². The molecule has 3 heteroatoms. The summed E-state index contributed by atoms with van der Waals surface area (Å²) in [5, 5.41) is 9.88. The molecule has 2 aromatic carbocycles. The third-order valence-electron chi connectivity index (χ3n) is 4.72. The molecule has 0 aliphatic carbocycles. The van der Waals surface area contributed by atoms with Crippen LogP contribution in [-0.2, 0) is 0 Å². The molecule has 2 heterocycles. The van der Waals surface area contributed by atoms with Gasteiger partial charge < -0.3 is 4.90 Å². The maximum Gasteiger partial charge on any atom is 0.102 e. The summed E-state index contributed by atoms with van der Waals surface area (Å²) >= 11 is 0. The first-order valence-electron chi connectivity index (χ1n) is 8.67. The van der Waals surface area contributed by atoms with Gasteiger partial charge in [0, 0.05) is 24.8 Å². The number of rotatable bonds is 3. The molecule has 25 heavy (non-hydrogen) atoms. The normalized spacial score (nSPS) is 13.6. The minimum absolute atomic E-state index is 0.722. The molecule has 0 spiro atoms. The van der Waals surface area contributed by atoms with E-state index in [0.29, 0.717) is 0 Å². The number of benzene rings is 2. The molecule has 0 unspecified atom stereocenters. The lowest BCUT2D eigenvalue weighted by Gasteiger charge is -2.22. The summed E-state index contributed by atoms with van der Waals surface area (Å²) in [5.74, 6) is 0. The van der Waals surface area contributed by atoms with Crippen LogP contribution in [0.1, 0.15) is 18.4 Å². The lowest BCUT2D eigenvalue weighted by molar-refractivity contribution is 0.949. The molecule has 1 saturated heterocycles. The Hall–Kier alpha value is -3.12. The summed E-state index contributed by atoms with van der Waals surface area (Å²) in [4.78, 5) is 6.82. The predicted molar refractivity (Wildman–Crippen MR) is 101 cm³/mol. The molecule has 0 amide bonds. The molecule has 1 aromatic heterocycles. The van der Waals surface area contributed by atoms with Crippen LogP contribution >= 0.6 is 0 Å². The highest BCUT2D eigenvalue weighted by Crippen LogP contribution is 2.36. The zero-order valence-corrected chi connectivity index (χ0v) is 14.0. The number of anilines is 1. The Balaban J connectivity index is 1.95. The Morgan fingerprint density at radius 2 is 1.64 bits per heavy atom. The molecule has 3 nitrogen and oxygen atoms in total. The first kappa shape index (κ1) is 15.4. The second-order valence-electron chi connectivity index (χ2n) is 6.30. The molecule has 1 aliphatic rings. The van der Waals surface area contributed by atoms with Gasteiger partial charge >= 0.3 is 0 Å². The Morgan fingerprint density at radius 1 is 0.880 bits per heavy atom. The van der Waals surface area contributed by atoms with Crippen LogP contribution in [0.15, 0.2) is 66.9 Å². The number of hydrogen-bond donors (Lipinski definition) is 0. The monoisotopic (exact) mass is 325 g/mol. The van der Waals surface area contributed by atoms with Crippen molar-refractivity contribution < 1.29 is 0 Å². The Kier molecular flexibility index (Phi) is 4.18. The first-order valence-corrected chi connectivity index (χ1v) is 8.67. The van der Waals surface area contributed by atoms with Gasteiger partial charge in [0.1, 0.15) is 6.07 Å². The van der Waals surface area contributed by atoms with E-state index in [2.05, 4.69) is 40.2 Å². The van der Waals surface area contributed by atoms with Gasteiger partial charge in [0.15, 0.2) is 0 Å². The SMILES string of the molecule is N#Cc1c(-c2ccccn2)cc(-c2ccccc2)cc1N1CCCC1. The van der Waals surface area contributed by atoms with Crippen molar-refractivity contribution in [2.24, 2.45) is 0 Å². The average Bonchev–Trinajstić information content (AvgIpc) is 3.23. The van der Waals surface area contributed by atoms with Gasteiger partial charge in [-0.05, 0) is 48.2 Å². The molecular formula is C22H19N3. The van der Waals surface area contributed by atoms with Gasteiger partial charge in [0.2, 0.25) is 0 Å². The van der Waals surface area contributed by atoms with Crippen LogP contribution in [0.5, 0.6) is 0 Å². The number of pyridine rings is 1. The van der Waals surface area contributed by atoms with E-state index in [1.807, 2.05) is 36.4 Å². The Labute approximate surface area is 148 Å². The van der Waals surface area contributed by atoms with Crippen molar-refractivity contribution in [3.63, 3.8) is 0 Å². The smallest absolute Gasteiger partial charge is 0.102 e. The zero-order valence-electron chi connectivity index (χ0n) is 14.0. The molecule has 4 rings (SSSR count). The molecule has 0 radical (unpaired) electrons. The minimum Gasteiger partial charge on any atom is -0.370 e. The largest absolute Gasteiger partial charge is 0.370 e. The van der Waals surface area contributed by atoms with Crippen LogP contribution < -0.4 is 4.90 Å². The van der Waals surface area contributed by atoms with Crippen molar-refractivity contribution in [2.45, 2.75) is 12.8 Å². The van der Waals surface area contributed by atoms with Crippen LogP contribution in [0, 0.1) is 11.3 Å². The summed E-state index contributed by atoms with van der Waals surface area (Å²) in [6.07, 6.45) is 4.14. The van der Waals surface area contributed by atoms with E-state index < -0.39 is 0 Å². The van der Waals surface area contributed by atoms with Crippen LogP contribution in [0.4, 0.5) is 5.69 Å². The van der Waals surface area contributed by atoms with Gasteiger partial charge in [0.05, 0.1) is 16.9 Å². The number of aromatic nitrogens is 1. The Morgan fingerprint density at radius 3 is 2.32 bits per heavy atom. The number of hydrogen-bond acceptors (Lipinski definition) is 3. The molecule has 3 aromatic rings. The highest BCUT2D eigenvalue weighted by atomic mass is 15.1. The summed E-state index contributed by atoms with van der Waals surface area (Å²) < 4.78 is 0. The lowest BCUT2D eigenvalue weighted by Crippen LogP contribution is -2.19. The summed E-state index contributed by atoms with van der Waals surface area (Å²) in [6, 6.07) is 22.9. The van der Waals surface area contributed by atoms with Gasteiger partial charge in [-0.3, -0.25) is 4.98 Å². The van der Waals surface area contributed by atoms with Crippen molar-refractivity contribution in [3.8, 4) is 28.5 Å². The van der Waals surface area contributed by atoms with Crippen molar-refractivity contribution in [1.29, 1.82) is 5.26 Å². The fourth-order valence-electron chi connectivity index (χ4n) is 3.47. The van der Waals surface area contributed by atoms with E-state index in [9.17, 15) is 5.26 Å². The second kappa shape index (κ2) is 6.78. The third-order valence-corrected chi connectivity index (χ3v) is 4.72. The molecule has 0 bridgehead atoms. The van der Waals surface area contributed by atoms with E-state index in [-0.39, 0.29) is 0 Å². The van der Waals surface area contributed by atoms with Crippen LogP contribution in [0.25, 0.3) is 22.4 Å². The standard InChI is InChI=1S/C22H19N3/c23-16-20-19(21-10-4-5-11-24-21)14-18(17-8-2-1-3-9-17)15-22(20)25-12-6-7-13-25/h1-5,8-11,14-15H,6-7,12-13H2.